The number of hydrogen-bond donors (Lipinski definition) is 2. The number of aromatic nitrogens is 1. The molecule has 1 aliphatic rings. The molecule has 0 bridgehead atoms. The van der Waals surface area contributed by atoms with E-state index in [4.69, 9.17) is 5.73 Å². The standard InChI is InChI=1S/C50H47N3S/c1-6-9-11-21-36(4)48-46(33-32-45-44-30-16-17-31-47(44)53(49(45)48)43-28-14-15-29-43)52-42(8-3)27-18-22-38(20-7-2)34-37(5)54-50(51)41-26-19-25-40(35-41)39-23-12-10-13-24-39/h6-14,16-35,50,52H,2-4,15,51H2,1,5H3/b9-6-,21-11-,22-18+,37-34+,38-20-,42-27+. The molecule has 0 amide bonds. The smallest absolute Gasteiger partial charge is 0.0808 e. The van der Waals surface area contributed by atoms with Crippen molar-refractivity contribution in [2.75, 3.05) is 5.32 Å². The second-order valence-corrected chi connectivity index (χ2v) is 14.3. The molecule has 3 N–H and O–H groups in total. The lowest BCUT2D eigenvalue weighted by molar-refractivity contribution is 1.04. The third-order valence-corrected chi connectivity index (χ3v) is 10.2. The number of allylic oxidation sites excluding steroid dienone is 18. The van der Waals surface area contributed by atoms with E-state index < -0.39 is 0 Å². The van der Waals surface area contributed by atoms with E-state index in [1.165, 1.54) is 21.9 Å². The summed E-state index contributed by atoms with van der Waals surface area (Å²) in [6.07, 6.45) is 29.6. The van der Waals surface area contributed by atoms with E-state index in [2.05, 4.69) is 158 Å². The van der Waals surface area contributed by atoms with Crippen LogP contribution in [0.5, 0.6) is 0 Å². The topological polar surface area (TPSA) is 43.0 Å². The van der Waals surface area contributed by atoms with Gasteiger partial charge in [0.15, 0.2) is 0 Å². The number of fused-ring (bicyclic) bond motifs is 3. The largest absolute Gasteiger partial charge is 0.355 e. The van der Waals surface area contributed by atoms with Crippen LogP contribution in [0.2, 0.25) is 0 Å². The normalized spacial score (nSPS) is 14.5. The highest BCUT2D eigenvalue weighted by molar-refractivity contribution is 8.03. The number of para-hydroxylation sites is 1. The summed E-state index contributed by atoms with van der Waals surface area (Å²) < 4.78 is 2.37. The number of nitrogens with one attached hydrogen (secondary N) is 1. The first kappa shape index (κ1) is 37.7. The van der Waals surface area contributed by atoms with Gasteiger partial charge in [-0.1, -0.05) is 153 Å². The maximum absolute atomic E-state index is 6.71. The molecule has 0 radical (unpaired) electrons. The van der Waals surface area contributed by atoms with Crippen LogP contribution in [0.25, 0.3) is 44.2 Å². The number of rotatable bonds is 15. The first-order valence-corrected chi connectivity index (χ1v) is 19.1. The van der Waals surface area contributed by atoms with Gasteiger partial charge in [0, 0.05) is 33.4 Å². The number of nitrogens with two attached hydrogens (primary N) is 1. The van der Waals surface area contributed by atoms with Crippen LogP contribution in [-0.2, 0) is 0 Å². The first-order valence-electron chi connectivity index (χ1n) is 18.2. The van der Waals surface area contributed by atoms with E-state index in [-0.39, 0.29) is 5.37 Å². The monoisotopic (exact) mass is 721 g/mol. The molecular weight excluding hydrogens is 675 g/mol. The van der Waals surface area contributed by atoms with Crippen LogP contribution in [-0.4, -0.2) is 4.57 Å². The predicted molar refractivity (Wildman–Crippen MR) is 240 cm³/mol. The maximum atomic E-state index is 6.71. The Bertz CT molecular complexity index is 2440. The van der Waals surface area contributed by atoms with E-state index >= 15 is 0 Å². The summed E-state index contributed by atoms with van der Waals surface area (Å²) in [4.78, 5) is 1.10. The highest BCUT2D eigenvalue weighted by Gasteiger charge is 2.20. The minimum Gasteiger partial charge on any atom is -0.355 e. The Labute approximate surface area is 324 Å². The van der Waals surface area contributed by atoms with Gasteiger partial charge in [-0.2, -0.15) is 0 Å². The van der Waals surface area contributed by atoms with Crippen molar-refractivity contribution in [2.24, 2.45) is 5.73 Å². The molecule has 5 aromatic rings. The highest BCUT2D eigenvalue weighted by atomic mass is 32.2. The van der Waals surface area contributed by atoms with Crippen molar-refractivity contribution in [2.45, 2.75) is 25.6 Å². The zero-order valence-corrected chi connectivity index (χ0v) is 31.9. The minimum atomic E-state index is -0.204. The number of hydrogen-bond acceptors (Lipinski definition) is 3. The second kappa shape index (κ2) is 18.1. The van der Waals surface area contributed by atoms with E-state index in [1.54, 1.807) is 17.8 Å². The molecule has 1 aliphatic carbocycles. The number of nitrogens with zero attached hydrogens (tertiary/aromatic N) is 1. The molecule has 0 fully saturated rings. The third-order valence-electron chi connectivity index (χ3n) is 9.15. The Kier molecular flexibility index (Phi) is 12.6. The fourth-order valence-corrected chi connectivity index (χ4v) is 7.55. The van der Waals surface area contributed by atoms with Gasteiger partial charge in [-0.15, -0.1) is 11.8 Å². The number of anilines is 1. The van der Waals surface area contributed by atoms with Crippen molar-refractivity contribution >= 4 is 50.5 Å². The van der Waals surface area contributed by atoms with Crippen molar-refractivity contribution in [3.63, 3.8) is 0 Å². The molecule has 0 saturated carbocycles. The maximum Gasteiger partial charge on any atom is 0.0808 e. The van der Waals surface area contributed by atoms with Gasteiger partial charge in [-0.25, -0.2) is 0 Å². The molecule has 6 rings (SSSR count). The second-order valence-electron chi connectivity index (χ2n) is 12.9. The Balaban J connectivity index is 1.28. The molecule has 1 aromatic heterocycles. The molecule has 0 spiro atoms. The van der Waals surface area contributed by atoms with Crippen LogP contribution in [0.4, 0.5) is 5.69 Å². The summed E-state index contributed by atoms with van der Waals surface area (Å²) in [5.41, 5.74) is 18.3. The summed E-state index contributed by atoms with van der Waals surface area (Å²) in [7, 11) is 0. The Morgan fingerprint density at radius 1 is 0.870 bits per heavy atom. The average molecular weight is 722 g/mol. The lowest BCUT2D eigenvalue weighted by Gasteiger charge is -2.17. The SMILES string of the molecule is C=C/C=C(/C=C/C=C(\C=C)Nc1ccc2c3ccccc3n(C3=CCC=C3)c2c1C(=C)/C=C\C=C/C)\C=C(/C)SC(N)c1cccc(-c2ccccc2)c1. The molecule has 54 heavy (non-hydrogen) atoms. The van der Waals surface area contributed by atoms with Crippen LogP contribution < -0.4 is 11.1 Å². The third kappa shape index (κ3) is 8.75. The van der Waals surface area contributed by atoms with Gasteiger partial charge < -0.3 is 15.6 Å². The Morgan fingerprint density at radius 3 is 2.43 bits per heavy atom. The van der Waals surface area contributed by atoms with Gasteiger partial charge in [-0.3, -0.25) is 0 Å². The summed E-state index contributed by atoms with van der Waals surface area (Å²) in [5, 5.41) is 5.87. The molecule has 1 atom stereocenters. The lowest BCUT2D eigenvalue weighted by Crippen LogP contribution is -2.05. The van der Waals surface area contributed by atoms with Gasteiger partial charge in [0.2, 0.25) is 0 Å². The molecule has 268 valence electrons. The van der Waals surface area contributed by atoms with Crippen molar-refractivity contribution in [3.8, 4) is 11.1 Å². The van der Waals surface area contributed by atoms with E-state index in [9.17, 15) is 0 Å². The average Bonchev–Trinajstić information content (AvgIpc) is 3.84. The lowest BCUT2D eigenvalue weighted by atomic mass is 9.99. The van der Waals surface area contributed by atoms with Crippen LogP contribution in [0.3, 0.4) is 0 Å². The van der Waals surface area contributed by atoms with Crippen LogP contribution in [0.1, 0.15) is 36.8 Å². The van der Waals surface area contributed by atoms with Crippen molar-refractivity contribution in [1.82, 2.24) is 4.57 Å². The first-order chi connectivity index (χ1) is 26.4. The summed E-state index contributed by atoms with van der Waals surface area (Å²) in [6, 6.07) is 31.8. The van der Waals surface area contributed by atoms with E-state index in [0.29, 0.717) is 0 Å². The number of thioether (sulfide) groups is 1. The van der Waals surface area contributed by atoms with Gasteiger partial charge in [0.25, 0.3) is 0 Å². The fourth-order valence-electron chi connectivity index (χ4n) is 6.66. The summed E-state index contributed by atoms with van der Waals surface area (Å²) in [5.74, 6) is 0. The van der Waals surface area contributed by atoms with Crippen molar-refractivity contribution in [3.05, 3.63) is 223 Å². The van der Waals surface area contributed by atoms with Crippen LogP contribution in [0.15, 0.2) is 212 Å². The van der Waals surface area contributed by atoms with Crippen LogP contribution >= 0.6 is 11.8 Å². The molecule has 4 aromatic carbocycles. The zero-order valence-electron chi connectivity index (χ0n) is 31.1. The molecular formula is C50H47N3S. The summed E-state index contributed by atoms with van der Waals surface area (Å²) >= 11 is 1.64. The Morgan fingerprint density at radius 2 is 1.67 bits per heavy atom. The molecule has 1 unspecified atom stereocenters. The minimum absolute atomic E-state index is 0.204. The van der Waals surface area contributed by atoms with Gasteiger partial charge in [0.1, 0.15) is 0 Å². The van der Waals surface area contributed by atoms with Gasteiger partial charge in [0.05, 0.1) is 16.4 Å². The van der Waals surface area contributed by atoms with Crippen molar-refractivity contribution < 1.29 is 0 Å². The number of benzene rings is 4. The molecule has 1 heterocycles. The predicted octanol–water partition coefficient (Wildman–Crippen LogP) is 13.9. The summed E-state index contributed by atoms with van der Waals surface area (Å²) in [6.45, 7) is 16.8. The van der Waals surface area contributed by atoms with Crippen molar-refractivity contribution in [1.29, 1.82) is 0 Å². The zero-order chi connectivity index (χ0) is 37.9. The molecule has 3 nitrogen and oxygen atoms in total. The van der Waals surface area contributed by atoms with Gasteiger partial charge in [-0.05, 0) is 95.5 Å². The molecule has 4 heteroatoms. The Hall–Kier alpha value is -6.07. The fraction of sp³-hybridized carbons (Fsp3) is 0.0800. The van der Waals surface area contributed by atoms with Gasteiger partial charge >= 0.3 is 0 Å². The van der Waals surface area contributed by atoms with E-state index in [1.807, 2.05) is 55.5 Å². The molecule has 0 aliphatic heterocycles. The molecule has 0 saturated heterocycles. The van der Waals surface area contributed by atoms with Crippen LogP contribution in [0, 0.1) is 0 Å². The highest BCUT2D eigenvalue weighted by Crippen LogP contribution is 2.41. The van der Waals surface area contributed by atoms with E-state index in [0.717, 1.165) is 61.8 Å². The quantitative estimate of drug-likeness (QED) is 0.0835.